The van der Waals surface area contributed by atoms with Crippen LogP contribution in [0, 0.1) is 5.92 Å². The van der Waals surface area contributed by atoms with E-state index in [2.05, 4.69) is 12.2 Å². The van der Waals surface area contributed by atoms with Gasteiger partial charge in [0, 0.05) is 0 Å². The van der Waals surface area contributed by atoms with Gasteiger partial charge >= 0.3 is 0 Å². The lowest BCUT2D eigenvalue weighted by atomic mass is 9.89. The largest absolute Gasteiger partial charge is 0.390 e. The molecule has 0 aliphatic heterocycles. The van der Waals surface area contributed by atoms with Gasteiger partial charge in [0.05, 0.1) is 5.60 Å². The highest BCUT2D eigenvalue weighted by molar-refractivity contribution is 4.76. The molecular formula is C9H21NO. The van der Waals surface area contributed by atoms with Crippen LogP contribution >= 0.6 is 0 Å². The summed E-state index contributed by atoms with van der Waals surface area (Å²) in [6.07, 6.45) is 0.832. The van der Waals surface area contributed by atoms with E-state index in [1.54, 1.807) is 0 Å². The quantitative estimate of drug-likeness (QED) is 0.594. The molecule has 0 rings (SSSR count). The van der Waals surface area contributed by atoms with Gasteiger partial charge in [0.15, 0.2) is 0 Å². The normalized spacial score (nSPS) is 16.9. The fourth-order valence-electron chi connectivity index (χ4n) is 0.807. The van der Waals surface area contributed by atoms with Gasteiger partial charge < -0.3 is 10.4 Å². The van der Waals surface area contributed by atoms with Gasteiger partial charge in [-0.3, -0.25) is 0 Å². The average molecular weight is 159 g/mol. The van der Waals surface area contributed by atoms with Gasteiger partial charge in [-0.05, 0) is 32.4 Å². The van der Waals surface area contributed by atoms with Gasteiger partial charge in [-0.25, -0.2) is 0 Å². The molecule has 2 nitrogen and oxygen atoms in total. The number of aliphatic hydroxyl groups is 1. The van der Waals surface area contributed by atoms with E-state index in [1.807, 2.05) is 20.8 Å². The Morgan fingerprint density at radius 2 is 2.00 bits per heavy atom. The average Bonchev–Trinajstić information content (AvgIpc) is 1.88. The molecule has 2 N–H and O–H groups in total. The molecule has 0 aliphatic carbocycles. The molecule has 0 radical (unpaired) electrons. The Balaban J connectivity index is 3.55. The van der Waals surface area contributed by atoms with Crippen molar-refractivity contribution < 1.29 is 5.11 Å². The Kier molecular flexibility index (Phi) is 4.69. The zero-order valence-electron chi connectivity index (χ0n) is 8.15. The Morgan fingerprint density at radius 3 is 2.36 bits per heavy atom. The summed E-state index contributed by atoms with van der Waals surface area (Å²) in [5.41, 5.74) is -0.512. The van der Waals surface area contributed by atoms with E-state index < -0.39 is 5.60 Å². The molecule has 1 atom stereocenters. The summed E-state index contributed by atoms with van der Waals surface area (Å²) in [6.45, 7) is 9.95. The molecular weight excluding hydrogens is 138 g/mol. The van der Waals surface area contributed by atoms with Gasteiger partial charge in [-0.15, -0.1) is 0 Å². The molecule has 0 bridgehead atoms. The minimum atomic E-state index is -0.512. The molecule has 0 aromatic heterocycles. The molecule has 68 valence electrons. The van der Waals surface area contributed by atoms with E-state index >= 15 is 0 Å². The van der Waals surface area contributed by atoms with Crippen LogP contribution in [0.1, 0.15) is 34.1 Å². The number of hydrogen-bond donors (Lipinski definition) is 2. The van der Waals surface area contributed by atoms with Crippen LogP contribution in [0.15, 0.2) is 0 Å². The fourth-order valence-corrected chi connectivity index (χ4v) is 0.807. The minimum absolute atomic E-state index is 0.334. The van der Waals surface area contributed by atoms with Gasteiger partial charge in [0.1, 0.15) is 0 Å². The summed E-state index contributed by atoms with van der Waals surface area (Å²) >= 11 is 0. The number of rotatable bonds is 5. The van der Waals surface area contributed by atoms with Crippen molar-refractivity contribution in [2.75, 3.05) is 13.1 Å². The summed E-state index contributed by atoms with van der Waals surface area (Å²) < 4.78 is 0. The van der Waals surface area contributed by atoms with E-state index in [4.69, 9.17) is 0 Å². The molecule has 0 spiro atoms. The Hall–Kier alpha value is -0.0800. The topological polar surface area (TPSA) is 32.3 Å². The SMILES string of the molecule is CCNCCC(C)(O)C(C)C. The van der Waals surface area contributed by atoms with Gasteiger partial charge in [-0.1, -0.05) is 20.8 Å². The van der Waals surface area contributed by atoms with Crippen molar-refractivity contribution in [3.05, 3.63) is 0 Å². The predicted molar refractivity (Wildman–Crippen MR) is 48.6 cm³/mol. The first kappa shape index (κ1) is 10.9. The molecule has 0 saturated carbocycles. The highest BCUT2D eigenvalue weighted by atomic mass is 16.3. The smallest absolute Gasteiger partial charge is 0.0654 e. The molecule has 0 saturated heterocycles. The Labute approximate surface area is 70.0 Å². The third-order valence-electron chi connectivity index (χ3n) is 2.30. The van der Waals surface area contributed by atoms with Crippen molar-refractivity contribution in [1.82, 2.24) is 5.32 Å². The lowest BCUT2D eigenvalue weighted by molar-refractivity contribution is 0.00596. The van der Waals surface area contributed by atoms with E-state index in [-0.39, 0.29) is 0 Å². The fraction of sp³-hybridized carbons (Fsp3) is 1.00. The third-order valence-corrected chi connectivity index (χ3v) is 2.30. The molecule has 0 aromatic rings. The van der Waals surface area contributed by atoms with Crippen LogP contribution in [0.5, 0.6) is 0 Å². The second kappa shape index (κ2) is 4.73. The van der Waals surface area contributed by atoms with Crippen molar-refractivity contribution in [2.45, 2.75) is 39.7 Å². The van der Waals surface area contributed by atoms with E-state index in [0.717, 1.165) is 19.5 Å². The van der Waals surface area contributed by atoms with Crippen LogP contribution in [0.4, 0.5) is 0 Å². The molecule has 1 unspecified atom stereocenters. The number of nitrogens with one attached hydrogen (secondary N) is 1. The van der Waals surface area contributed by atoms with Crippen LogP contribution in [0.2, 0.25) is 0 Å². The van der Waals surface area contributed by atoms with Crippen molar-refractivity contribution in [2.24, 2.45) is 5.92 Å². The van der Waals surface area contributed by atoms with E-state index in [0.29, 0.717) is 5.92 Å². The summed E-state index contributed by atoms with van der Waals surface area (Å²) in [5.74, 6) is 0.334. The lowest BCUT2D eigenvalue weighted by Crippen LogP contribution is -2.34. The highest BCUT2D eigenvalue weighted by Crippen LogP contribution is 2.18. The summed E-state index contributed by atoms with van der Waals surface area (Å²) in [6, 6.07) is 0. The molecule has 0 aromatic carbocycles. The molecule has 11 heavy (non-hydrogen) atoms. The standard InChI is InChI=1S/C9H21NO/c1-5-10-7-6-9(4,11)8(2)3/h8,10-11H,5-7H2,1-4H3. The lowest BCUT2D eigenvalue weighted by Gasteiger charge is -2.27. The molecule has 0 aliphatic rings. The number of hydrogen-bond acceptors (Lipinski definition) is 2. The van der Waals surface area contributed by atoms with Crippen LogP contribution in [0.3, 0.4) is 0 Å². The first-order chi connectivity index (χ1) is 5.00. The van der Waals surface area contributed by atoms with Crippen molar-refractivity contribution >= 4 is 0 Å². The first-order valence-electron chi connectivity index (χ1n) is 4.43. The van der Waals surface area contributed by atoms with Gasteiger partial charge in [-0.2, -0.15) is 0 Å². The molecule has 0 fully saturated rings. The maximum absolute atomic E-state index is 9.78. The Morgan fingerprint density at radius 1 is 1.45 bits per heavy atom. The maximum Gasteiger partial charge on any atom is 0.0654 e. The first-order valence-corrected chi connectivity index (χ1v) is 4.43. The summed E-state index contributed by atoms with van der Waals surface area (Å²) in [7, 11) is 0. The zero-order valence-corrected chi connectivity index (χ0v) is 8.15. The van der Waals surface area contributed by atoms with Crippen LogP contribution in [-0.4, -0.2) is 23.8 Å². The van der Waals surface area contributed by atoms with E-state index in [9.17, 15) is 5.11 Å². The summed E-state index contributed by atoms with van der Waals surface area (Å²) in [4.78, 5) is 0. The Bertz CT molecular complexity index is 99.7. The summed E-state index contributed by atoms with van der Waals surface area (Å²) in [5, 5.41) is 13.0. The van der Waals surface area contributed by atoms with Crippen molar-refractivity contribution in [3.63, 3.8) is 0 Å². The van der Waals surface area contributed by atoms with E-state index in [1.165, 1.54) is 0 Å². The molecule has 2 heteroatoms. The van der Waals surface area contributed by atoms with Gasteiger partial charge in [0.25, 0.3) is 0 Å². The second-order valence-electron chi connectivity index (χ2n) is 3.62. The van der Waals surface area contributed by atoms with Crippen LogP contribution in [0.25, 0.3) is 0 Å². The van der Waals surface area contributed by atoms with Crippen LogP contribution < -0.4 is 5.32 Å². The predicted octanol–water partition coefficient (Wildman–Crippen LogP) is 1.39. The zero-order chi connectivity index (χ0) is 8.91. The third kappa shape index (κ3) is 4.38. The van der Waals surface area contributed by atoms with Gasteiger partial charge in [0.2, 0.25) is 0 Å². The second-order valence-corrected chi connectivity index (χ2v) is 3.62. The highest BCUT2D eigenvalue weighted by Gasteiger charge is 2.23. The molecule has 0 heterocycles. The monoisotopic (exact) mass is 159 g/mol. The van der Waals surface area contributed by atoms with Crippen molar-refractivity contribution in [3.8, 4) is 0 Å². The van der Waals surface area contributed by atoms with Crippen LogP contribution in [-0.2, 0) is 0 Å². The molecule has 0 amide bonds. The maximum atomic E-state index is 9.78. The van der Waals surface area contributed by atoms with Crippen molar-refractivity contribution in [1.29, 1.82) is 0 Å². The minimum Gasteiger partial charge on any atom is -0.390 e.